The van der Waals surface area contributed by atoms with Crippen molar-refractivity contribution in [3.63, 3.8) is 0 Å². The SMILES string of the molecule is Cc1ccc(S(=O)(=O)OCC(C)C2OC(=O)NC2COS(=O)(=O)c2ccc(C)cc2)cc1. The second-order valence-electron chi connectivity index (χ2n) is 7.70. The molecule has 1 amide bonds. The average Bonchev–Trinajstić information content (AvgIpc) is 3.12. The summed E-state index contributed by atoms with van der Waals surface area (Å²) < 4.78 is 65.1. The Kier molecular flexibility index (Phi) is 7.23. The molecular weight excluding hydrogens is 458 g/mol. The normalized spacial score (nSPS) is 19.9. The molecule has 0 aliphatic carbocycles. The van der Waals surface area contributed by atoms with E-state index >= 15 is 0 Å². The number of hydrogen-bond donors (Lipinski definition) is 1. The highest BCUT2D eigenvalue weighted by Gasteiger charge is 2.39. The zero-order chi connectivity index (χ0) is 23.5. The van der Waals surface area contributed by atoms with Crippen molar-refractivity contribution in [1.29, 1.82) is 0 Å². The van der Waals surface area contributed by atoms with Crippen LogP contribution in [0.15, 0.2) is 58.3 Å². The monoisotopic (exact) mass is 483 g/mol. The molecule has 11 heteroatoms. The van der Waals surface area contributed by atoms with Crippen molar-refractivity contribution in [3.8, 4) is 0 Å². The molecule has 0 aromatic heterocycles. The van der Waals surface area contributed by atoms with Gasteiger partial charge in [-0.3, -0.25) is 8.37 Å². The number of alkyl carbamates (subject to hydrolysis) is 1. The van der Waals surface area contributed by atoms with Crippen molar-refractivity contribution in [2.24, 2.45) is 5.92 Å². The Morgan fingerprint density at radius 3 is 1.84 bits per heavy atom. The maximum absolute atomic E-state index is 12.4. The number of amides is 1. The number of hydrogen-bond acceptors (Lipinski definition) is 8. The molecule has 2 aromatic carbocycles. The zero-order valence-electron chi connectivity index (χ0n) is 17.8. The van der Waals surface area contributed by atoms with E-state index in [0.29, 0.717) is 0 Å². The predicted octanol–water partition coefficient (Wildman–Crippen LogP) is 2.53. The van der Waals surface area contributed by atoms with Crippen LogP contribution in [0.4, 0.5) is 4.79 Å². The van der Waals surface area contributed by atoms with Gasteiger partial charge in [-0.15, -0.1) is 0 Å². The van der Waals surface area contributed by atoms with Crippen molar-refractivity contribution < 1.29 is 34.7 Å². The minimum absolute atomic E-state index is 0.00883. The van der Waals surface area contributed by atoms with E-state index in [0.717, 1.165) is 11.1 Å². The summed E-state index contributed by atoms with van der Waals surface area (Å²) in [5.41, 5.74) is 1.81. The molecule has 1 N–H and O–H groups in total. The van der Waals surface area contributed by atoms with Crippen molar-refractivity contribution in [2.45, 2.75) is 42.7 Å². The van der Waals surface area contributed by atoms with Crippen molar-refractivity contribution in [2.75, 3.05) is 13.2 Å². The Bertz CT molecular complexity index is 1160. The van der Waals surface area contributed by atoms with Crippen LogP contribution >= 0.6 is 0 Å². The maximum atomic E-state index is 12.4. The lowest BCUT2D eigenvalue weighted by Crippen LogP contribution is -2.41. The molecule has 3 rings (SSSR count). The number of rotatable bonds is 9. The molecule has 0 saturated carbocycles. The number of cyclic esters (lactones) is 1. The Morgan fingerprint density at radius 2 is 1.34 bits per heavy atom. The third kappa shape index (κ3) is 5.85. The Balaban J connectivity index is 1.62. The highest BCUT2D eigenvalue weighted by Crippen LogP contribution is 2.22. The first-order valence-corrected chi connectivity index (χ1v) is 12.7. The summed E-state index contributed by atoms with van der Waals surface area (Å²) in [5.74, 6) is -0.565. The van der Waals surface area contributed by atoms with E-state index in [2.05, 4.69) is 5.32 Å². The van der Waals surface area contributed by atoms with Gasteiger partial charge in [0.25, 0.3) is 20.2 Å². The van der Waals surface area contributed by atoms with Crippen molar-refractivity contribution in [3.05, 3.63) is 59.7 Å². The third-order valence-corrected chi connectivity index (χ3v) is 7.60. The van der Waals surface area contributed by atoms with Crippen LogP contribution in [0.25, 0.3) is 0 Å². The smallest absolute Gasteiger partial charge is 0.407 e. The van der Waals surface area contributed by atoms with Crippen LogP contribution in [0.3, 0.4) is 0 Å². The summed E-state index contributed by atoms with van der Waals surface area (Å²) in [5, 5.41) is 2.50. The fourth-order valence-corrected chi connectivity index (χ4v) is 5.05. The van der Waals surface area contributed by atoms with Gasteiger partial charge in [0, 0.05) is 5.92 Å². The molecule has 2 aromatic rings. The second kappa shape index (κ2) is 9.57. The first kappa shape index (κ1) is 24.2. The molecule has 0 radical (unpaired) electrons. The van der Waals surface area contributed by atoms with Crippen LogP contribution in [-0.4, -0.2) is 48.3 Å². The predicted molar refractivity (Wildman–Crippen MR) is 115 cm³/mol. The summed E-state index contributed by atoms with van der Waals surface area (Å²) in [4.78, 5) is 11.8. The summed E-state index contributed by atoms with van der Waals surface area (Å²) >= 11 is 0. The minimum Gasteiger partial charge on any atom is -0.444 e. The van der Waals surface area contributed by atoms with Crippen LogP contribution in [0.2, 0.25) is 0 Å². The largest absolute Gasteiger partial charge is 0.444 e. The van der Waals surface area contributed by atoms with Crippen molar-refractivity contribution >= 4 is 26.3 Å². The van der Waals surface area contributed by atoms with Gasteiger partial charge in [-0.2, -0.15) is 16.8 Å². The lowest BCUT2D eigenvalue weighted by Gasteiger charge is -2.22. The summed E-state index contributed by atoms with van der Waals surface area (Å²) in [6.07, 6.45) is -1.59. The zero-order valence-corrected chi connectivity index (χ0v) is 19.5. The summed E-state index contributed by atoms with van der Waals surface area (Å²) in [6, 6.07) is 11.5. The molecular formula is C21H25NO8S2. The highest BCUT2D eigenvalue weighted by atomic mass is 32.2. The van der Waals surface area contributed by atoms with E-state index in [-0.39, 0.29) is 23.0 Å². The highest BCUT2D eigenvalue weighted by molar-refractivity contribution is 7.87. The lowest BCUT2D eigenvalue weighted by molar-refractivity contribution is 0.0670. The number of carbonyl (C=O) groups is 1. The molecule has 1 aliphatic heterocycles. The van der Waals surface area contributed by atoms with E-state index in [1.165, 1.54) is 24.3 Å². The van der Waals surface area contributed by atoms with Gasteiger partial charge in [0.15, 0.2) is 0 Å². The van der Waals surface area contributed by atoms with Crippen LogP contribution < -0.4 is 5.32 Å². The van der Waals surface area contributed by atoms with E-state index in [1.807, 2.05) is 13.8 Å². The third-order valence-electron chi connectivity index (χ3n) is 5.01. The number of nitrogens with one attached hydrogen (secondary N) is 1. The Morgan fingerprint density at radius 1 is 0.875 bits per heavy atom. The van der Waals surface area contributed by atoms with Gasteiger partial charge < -0.3 is 10.1 Å². The molecule has 1 aliphatic rings. The van der Waals surface area contributed by atoms with Crippen molar-refractivity contribution in [1.82, 2.24) is 5.32 Å². The van der Waals surface area contributed by atoms with Gasteiger partial charge >= 0.3 is 6.09 Å². The molecule has 3 atom stereocenters. The first-order valence-electron chi connectivity index (χ1n) is 9.87. The molecule has 1 saturated heterocycles. The van der Waals surface area contributed by atoms with Crippen LogP contribution in [0.5, 0.6) is 0 Å². The van der Waals surface area contributed by atoms with Gasteiger partial charge in [0.1, 0.15) is 6.10 Å². The molecule has 9 nitrogen and oxygen atoms in total. The average molecular weight is 484 g/mol. The molecule has 3 unspecified atom stereocenters. The molecule has 0 bridgehead atoms. The van der Waals surface area contributed by atoms with Crippen LogP contribution in [0, 0.1) is 19.8 Å². The van der Waals surface area contributed by atoms with Gasteiger partial charge in [0.2, 0.25) is 0 Å². The van der Waals surface area contributed by atoms with E-state index < -0.39 is 44.4 Å². The molecule has 0 spiro atoms. The van der Waals surface area contributed by atoms with Gasteiger partial charge in [0.05, 0.1) is 29.0 Å². The number of benzene rings is 2. The molecule has 32 heavy (non-hydrogen) atoms. The molecule has 1 fully saturated rings. The van der Waals surface area contributed by atoms with Gasteiger partial charge in [-0.1, -0.05) is 42.3 Å². The Labute approximate surface area is 187 Å². The first-order chi connectivity index (χ1) is 15.0. The standard InChI is InChI=1S/C21H25NO8S2/c1-14-4-8-17(9-5-14)31(24,25)28-12-16(3)20-19(22-21(23)30-20)13-29-32(26,27)18-10-6-15(2)7-11-18/h4-11,16,19-20H,12-13H2,1-3H3,(H,22,23). The second-order valence-corrected chi connectivity index (χ2v) is 10.9. The van der Waals surface area contributed by atoms with E-state index in [4.69, 9.17) is 13.1 Å². The fourth-order valence-electron chi connectivity index (χ4n) is 3.12. The van der Waals surface area contributed by atoms with Crippen LogP contribution in [0.1, 0.15) is 18.1 Å². The number of ether oxygens (including phenoxy) is 1. The fraction of sp³-hybridized carbons (Fsp3) is 0.381. The summed E-state index contributed by atoms with van der Waals surface area (Å²) in [7, 11) is -8.04. The molecule has 174 valence electrons. The van der Waals surface area contributed by atoms with Gasteiger partial charge in [-0.05, 0) is 38.1 Å². The van der Waals surface area contributed by atoms with E-state index in [9.17, 15) is 21.6 Å². The summed E-state index contributed by atoms with van der Waals surface area (Å²) in [6.45, 7) is 4.66. The van der Waals surface area contributed by atoms with E-state index in [1.54, 1.807) is 31.2 Å². The molecule has 1 heterocycles. The topological polar surface area (TPSA) is 125 Å². The maximum Gasteiger partial charge on any atom is 0.407 e. The lowest BCUT2D eigenvalue weighted by atomic mass is 10.00. The number of carbonyl (C=O) groups excluding carboxylic acids is 1. The quantitative estimate of drug-likeness (QED) is 0.540. The van der Waals surface area contributed by atoms with Gasteiger partial charge in [-0.25, -0.2) is 4.79 Å². The minimum atomic E-state index is -4.04. The Hall–Kier alpha value is -2.47. The number of aryl methyl sites for hydroxylation is 2. The van der Waals surface area contributed by atoms with Crippen LogP contribution in [-0.2, 0) is 33.3 Å².